The first-order valence-corrected chi connectivity index (χ1v) is 10.1. The number of esters is 1. The van der Waals surface area contributed by atoms with Crippen molar-refractivity contribution in [3.63, 3.8) is 0 Å². The molecule has 1 atom stereocenters. The van der Waals surface area contributed by atoms with E-state index >= 15 is 0 Å². The van der Waals surface area contributed by atoms with Crippen molar-refractivity contribution < 1.29 is 14.3 Å². The average Bonchev–Trinajstić information content (AvgIpc) is 2.68. The molecule has 1 heterocycles. The van der Waals surface area contributed by atoms with Crippen molar-refractivity contribution in [1.82, 2.24) is 10.3 Å². The minimum Gasteiger partial charge on any atom is -0.453 e. The lowest BCUT2D eigenvalue weighted by molar-refractivity contribution is -0.154. The maximum absolute atomic E-state index is 12.1. The predicted molar refractivity (Wildman–Crippen MR) is 109 cm³/mol. The number of carbonyl (C=O) groups is 2. The van der Waals surface area contributed by atoms with Gasteiger partial charge in [0.2, 0.25) is 0 Å². The number of aryl methyl sites for hydroxylation is 1. The monoisotopic (exact) mass is 399 g/mol. The summed E-state index contributed by atoms with van der Waals surface area (Å²) in [6.07, 6.45) is 7.24. The molecule has 29 heavy (non-hydrogen) atoms. The molecular weight excluding hydrogens is 370 g/mol. The van der Waals surface area contributed by atoms with Crippen LogP contribution in [0.4, 0.5) is 0 Å². The fourth-order valence-electron chi connectivity index (χ4n) is 3.58. The normalized spacial score (nSPS) is 14.5. The van der Waals surface area contributed by atoms with Crippen molar-refractivity contribution >= 4 is 11.9 Å². The Balaban J connectivity index is 1.81. The molecule has 0 spiro atoms. The van der Waals surface area contributed by atoms with Gasteiger partial charge in [0, 0.05) is 18.7 Å². The number of allylic oxidation sites excluding steroid dienone is 1. The Morgan fingerprint density at radius 2 is 2.07 bits per heavy atom. The molecule has 156 valence electrons. The molecule has 0 radical (unpaired) electrons. The Bertz CT molecular complexity index is 893. The van der Waals surface area contributed by atoms with Gasteiger partial charge < -0.3 is 15.0 Å². The molecule has 0 fully saturated rings. The van der Waals surface area contributed by atoms with E-state index in [1.807, 2.05) is 6.07 Å². The number of pyridine rings is 1. The number of nitrogens with one attached hydrogen (secondary N) is 2. The van der Waals surface area contributed by atoms with E-state index < -0.39 is 17.6 Å². The molecule has 1 aromatic rings. The van der Waals surface area contributed by atoms with E-state index in [0.29, 0.717) is 24.2 Å². The lowest BCUT2D eigenvalue weighted by Gasteiger charge is -2.16. The van der Waals surface area contributed by atoms with E-state index in [2.05, 4.69) is 16.4 Å². The molecule has 7 heteroatoms. The van der Waals surface area contributed by atoms with Crippen LogP contribution in [-0.4, -0.2) is 29.5 Å². The van der Waals surface area contributed by atoms with Crippen molar-refractivity contribution in [3.05, 3.63) is 44.4 Å². The van der Waals surface area contributed by atoms with Gasteiger partial charge in [-0.1, -0.05) is 11.6 Å². The second-order valence-corrected chi connectivity index (χ2v) is 7.45. The summed E-state index contributed by atoms with van der Waals surface area (Å²) in [7, 11) is 0. The molecule has 2 rings (SSSR count). The quantitative estimate of drug-likeness (QED) is 0.516. The van der Waals surface area contributed by atoms with Crippen LogP contribution >= 0.6 is 0 Å². The number of rotatable bonds is 8. The van der Waals surface area contributed by atoms with Gasteiger partial charge in [0.25, 0.3) is 11.5 Å². The van der Waals surface area contributed by atoms with Crippen molar-refractivity contribution in [1.29, 1.82) is 5.26 Å². The largest absolute Gasteiger partial charge is 0.453 e. The Kier molecular flexibility index (Phi) is 8.20. The predicted octanol–water partition coefficient (Wildman–Crippen LogP) is 2.73. The van der Waals surface area contributed by atoms with Crippen LogP contribution in [0.3, 0.4) is 0 Å². The van der Waals surface area contributed by atoms with Gasteiger partial charge >= 0.3 is 5.97 Å². The van der Waals surface area contributed by atoms with Gasteiger partial charge in [0.1, 0.15) is 11.6 Å². The van der Waals surface area contributed by atoms with Crippen LogP contribution in [0.5, 0.6) is 0 Å². The van der Waals surface area contributed by atoms with Gasteiger partial charge in [0.05, 0.1) is 0 Å². The van der Waals surface area contributed by atoms with Gasteiger partial charge in [-0.2, -0.15) is 5.26 Å². The summed E-state index contributed by atoms with van der Waals surface area (Å²) in [6.45, 7) is 5.52. The highest BCUT2D eigenvalue weighted by Gasteiger charge is 2.19. The number of nitrogens with zero attached hydrogens (tertiary/aromatic N) is 1. The molecule has 1 aliphatic carbocycles. The van der Waals surface area contributed by atoms with Crippen molar-refractivity contribution in [2.24, 2.45) is 0 Å². The molecule has 0 unspecified atom stereocenters. The SMILES string of the molecule is Cc1[nH]c(=O)c(C#N)c(C)c1CCC(=O)O[C@@H](C)C(=O)NCCC1=CCCCC1. The van der Waals surface area contributed by atoms with Crippen LogP contribution in [0, 0.1) is 25.2 Å². The second-order valence-electron chi connectivity index (χ2n) is 7.45. The highest BCUT2D eigenvalue weighted by molar-refractivity contribution is 5.83. The fraction of sp³-hybridized carbons (Fsp3) is 0.545. The Labute approximate surface area is 171 Å². The van der Waals surface area contributed by atoms with E-state index in [1.54, 1.807) is 20.8 Å². The molecule has 0 saturated heterocycles. The number of aromatic amines is 1. The van der Waals surface area contributed by atoms with Gasteiger partial charge in [-0.3, -0.25) is 14.4 Å². The third-order valence-corrected chi connectivity index (χ3v) is 5.31. The van der Waals surface area contributed by atoms with Crippen LogP contribution in [0.25, 0.3) is 0 Å². The summed E-state index contributed by atoms with van der Waals surface area (Å²) in [5.41, 5.74) is 2.95. The molecule has 1 aliphatic rings. The zero-order chi connectivity index (χ0) is 21.4. The summed E-state index contributed by atoms with van der Waals surface area (Å²) in [6, 6.07) is 1.89. The summed E-state index contributed by atoms with van der Waals surface area (Å²) < 4.78 is 5.23. The first-order valence-electron chi connectivity index (χ1n) is 10.1. The number of carbonyl (C=O) groups excluding carboxylic acids is 2. The second kappa shape index (κ2) is 10.6. The average molecular weight is 399 g/mol. The van der Waals surface area contributed by atoms with E-state index in [0.717, 1.165) is 24.8 Å². The smallest absolute Gasteiger partial charge is 0.306 e. The van der Waals surface area contributed by atoms with Crippen molar-refractivity contribution in [3.8, 4) is 6.07 Å². The summed E-state index contributed by atoms with van der Waals surface area (Å²) in [5, 5.41) is 11.9. The lowest BCUT2D eigenvalue weighted by atomic mass is 9.97. The van der Waals surface area contributed by atoms with Crippen LogP contribution in [0.2, 0.25) is 0 Å². The maximum Gasteiger partial charge on any atom is 0.306 e. The molecular formula is C22H29N3O4. The molecule has 0 aliphatic heterocycles. The number of hydrogen-bond donors (Lipinski definition) is 2. The number of amides is 1. The Hall–Kier alpha value is -2.88. The molecule has 1 amide bonds. The topological polar surface area (TPSA) is 112 Å². The van der Waals surface area contributed by atoms with Crippen LogP contribution in [-0.2, 0) is 20.7 Å². The summed E-state index contributed by atoms with van der Waals surface area (Å²) in [4.78, 5) is 38.7. The standard InChI is InChI=1S/C22H29N3O4/c1-14-18(15(2)25-22(28)19(14)13-23)9-10-20(26)29-16(3)21(27)24-12-11-17-7-5-4-6-8-17/h7,16H,4-6,8-12H2,1-3H3,(H,24,27)(H,25,28)/t16-/m0/s1. The molecule has 1 aromatic heterocycles. The summed E-state index contributed by atoms with van der Waals surface area (Å²) >= 11 is 0. The zero-order valence-electron chi connectivity index (χ0n) is 17.4. The Morgan fingerprint density at radius 3 is 2.72 bits per heavy atom. The van der Waals surface area contributed by atoms with E-state index in [-0.39, 0.29) is 17.9 Å². The highest BCUT2D eigenvalue weighted by atomic mass is 16.5. The van der Waals surface area contributed by atoms with Crippen LogP contribution < -0.4 is 10.9 Å². The zero-order valence-corrected chi connectivity index (χ0v) is 17.4. The number of ether oxygens (including phenoxy) is 1. The van der Waals surface area contributed by atoms with Crippen LogP contribution in [0.1, 0.15) is 67.8 Å². The molecule has 0 aromatic carbocycles. The first-order chi connectivity index (χ1) is 13.8. The van der Waals surface area contributed by atoms with Gasteiger partial charge in [0.15, 0.2) is 6.10 Å². The molecule has 2 N–H and O–H groups in total. The molecule has 0 saturated carbocycles. The fourth-order valence-corrected chi connectivity index (χ4v) is 3.58. The third kappa shape index (κ3) is 6.31. The molecule has 0 bridgehead atoms. The number of H-pyrrole nitrogens is 1. The van der Waals surface area contributed by atoms with Crippen molar-refractivity contribution in [2.75, 3.05) is 6.54 Å². The van der Waals surface area contributed by atoms with E-state index in [9.17, 15) is 14.4 Å². The minimum atomic E-state index is -0.865. The number of hydrogen-bond acceptors (Lipinski definition) is 5. The maximum atomic E-state index is 12.1. The minimum absolute atomic E-state index is 0.0554. The van der Waals surface area contributed by atoms with Gasteiger partial charge in [-0.15, -0.1) is 0 Å². The van der Waals surface area contributed by atoms with E-state index in [4.69, 9.17) is 10.00 Å². The van der Waals surface area contributed by atoms with Crippen molar-refractivity contribution in [2.45, 2.75) is 71.8 Å². The summed E-state index contributed by atoms with van der Waals surface area (Å²) in [5.74, 6) is -0.802. The number of nitriles is 1. The third-order valence-electron chi connectivity index (χ3n) is 5.31. The Morgan fingerprint density at radius 1 is 1.31 bits per heavy atom. The van der Waals surface area contributed by atoms with Gasteiger partial charge in [-0.25, -0.2) is 0 Å². The lowest BCUT2D eigenvalue weighted by Crippen LogP contribution is -2.36. The first kappa shape index (κ1) is 22.4. The molecule has 7 nitrogen and oxygen atoms in total. The van der Waals surface area contributed by atoms with E-state index in [1.165, 1.54) is 18.4 Å². The number of aromatic nitrogens is 1. The van der Waals surface area contributed by atoms with Crippen LogP contribution in [0.15, 0.2) is 16.4 Å². The highest BCUT2D eigenvalue weighted by Crippen LogP contribution is 2.19. The van der Waals surface area contributed by atoms with Gasteiger partial charge in [-0.05, 0) is 70.4 Å².